The first kappa shape index (κ1) is 22.9. The van der Waals surface area contributed by atoms with Crippen molar-refractivity contribution < 1.29 is 9.53 Å². The van der Waals surface area contributed by atoms with Crippen LogP contribution in [0.15, 0.2) is 47.6 Å². The van der Waals surface area contributed by atoms with Crippen molar-refractivity contribution in [3.63, 3.8) is 0 Å². The first-order valence-electron chi connectivity index (χ1n) is 8.80. The van der Waals surface area contributed by atoms with E-state index in [0.717, 1.165) is 22.6 Å². The topological polar surface area (TPSA) is 55.6 Å². The molecule has 3 rings (SSSR count). The van der Waals surface area contributed by atoms with Crippen molar-refractivity contribution >= 4 is 69.5 Å². The van der Waals surface area contributed by atoms with Crippen LogP contribution in [0.25, 0.3) is 5.69 Å². The molecule has 0 aliphatic rings. The number of carbonyl (C=O) groups is 1. The van der Waals surface area contributed by atoms with Crippen molar-refractivity contribution in [2.75, 3.05) is 6.61 Å². The third-order valence-electron chi connectivity index (χ3n) is 4.27. The van der Waals surface area contributed by atoms with Gasteiger partial charge in [0.15, 0.2) is 6.61 Å². The summed E-state index contributed by atoms with van der Waals surface area (Å²) in [7, 11) is 0. The molecule has 0 fully saturated rings. The Hall–Kier alpha value is -1.74. The molecule has 156 valence electrons. The maximum Gasteiger partial charge on any atom is 0.277 e. The second-order valence-corrected chi connectivity index (χ2v) is 8.89. The lowest BCUT2D eigenvalue weighted by atomic mass is 10.2. The van der Waals surface area contributed by atoms with Crippen molar-refractivity contribution in [3.05, 3.63) is 78.1 Å². The second-order valence-electron chi connectivity index (χ2n) is 6.42. The molecular formula is C21H17Cl3IN3O2. The Morgan fingerprint density at radius 3 is 2.57 bits per heavy atom. The van der Waals surface area contributed by atoms with Gasteiger partial charge in [-0.2, -0.15) is 5.10 Å². The fourth-order valence-electron chi connectivity index (χ4n) is 2.89. The lowest BCUT2D eigenvalue weighted by Gasteiger charge is -2.09. The Kier molecular flexibility index (Phi) is 7.68. The summed E-state index contributed by atoms with van der Waals surface area (Å²) >= 11 is 20.2. The standard InChI is InChI=1S/C21H17Cl3IN3O2/c1-12-7-14(13(2)28(12)17-5-3-16(25)4-6-17)10-26-27-20(29)11-30-19-9-15(22)8-18(23)21(19)24/h3-10H,11H2,1-2H3,(H,27,29)/b26-10-. The monoisotopic (exact) mass is 575 g/mol. The van der Waals surface area contributed by atoms with Gasteiger partial charge >= 0.3 is 0 Å². The molecule has 3 aromatic rings. The summed E-state index contributed by atoms with van der Waals surface area (Å²) in [6.07, 6.45) is 1.60. The average Bonchev–Trinajstić information content (AvgIpc) is 2.97. The number of aryl methyl sites for hydroxylation is 1. The number of hydrogen-bond donors (Lipinski definition) is 1. The molecule has 0 atom stereocenters. The number of carbonyl (C=O) groups excluding carboxylic acids is 1. The highest BCUT2D eigenvalue weighted by Crippen LogP contribution is 2.35. The number of halogens is 4. The smallest absolute Gasteiger partial charge is 0.277 e. The number of amides is 1. The number of hydrazone groups is 1. The number of rotatable bonds is 6. The fraction of sp³-hybridized carbons (Fsp3) is 0.143. The normalized spacial score (nSPS) is 11.1. The highest BCUT2D eigenvalue weighted by molar-refractivity contribution is 14.1. The van der Waals surface area contributed by atoms with Gasteiger partial charge in [0.1, 0.15) is 10.8 Å². The van der Waals surface area contributed by atoms with Crippen molar-refractivity contribution in [1.29, 1.82) is 0 Å². The maximum absolute atomic E-state index is 12.0. The minimum atomic E-state index is -0.440. The molecule has 0 saturated carbocycles. The first-order valence-corrected chi connectivity index (χ1v) is 11.0. The van der Waals surface area contributed by atoms with Gasteiger partial charge in [-0.3, -0.25) is 4.79 Å². The second kappa shape index (κ2) is 10.0. The van der Waals surface area contributed by atoms with E-state index in [1.165, 1.54) is 15.7 Å². The lowest BCUT2D eigenvalue weighted by Crippen LogP contribution is -2.24. The Morgan fingerprint density at radius 1 is 1.17 bits per heavy atom. The van der Waals surface area contributed by atoms with Crippen molar-refractivity contribution in [1.82, 2.24) is 9.99 Å². The Bertz CT molecular complexity index is 1110. The van der Waals surface area contributed by atoms with Crippen LogP contribution in [-0.2, 0) is 4.79 Å². The van der Waals surface area contributed by atoms with E-state index in [1.54, 1.807) is 6.21 Å². The van der Waals surface area contributed by atoms with Crippen molar-refractivity contribution in [3.8, 4) is 11.4 Å². The third-order valence-corrected chi connectivity index (χ3v) is 5.99. The van der Waals surface area contributed by atoms with E-state index in [1.807, 2.05) is 19.9 Å². The van der Waals surface area contributed by atoms with Gasteiger partial charge in [0.05, 0.1) is 11.2 Å². The zero-order valence-electron chi connectivity index (χ0n) is 16.0. The molecule has 0 aliphatic carbocycles. The van der Waals surface area contributed by atoms with E-state index in [-0.39, 0.29) is 22.4 Å². The summed E-state index contributed by atoms with van der Waals surface area (Å²) in [5.41, 5.74) is 6.49. The van der Waals surface area contributed by atoms with Crippen LogP contribution in [0.2, 0.25) is 15.1 Å². The number of aromatic nitrogens is 1. The lowest BCUT2D eigenvalue weighted by molar-refractivity contribution is -0.123. The van der Waals surface area contributed by atoms with Gasteiger partial charge in [0.2, 0.25) is 0 Å². The third kappa shape index (κ3) is 5.49. The van der Waals surface area contributed by atoms with E-state index < -0.39 is 5.91 Å². The molecule has 9 heteroatoms. The van der Waals surface area contributed by atoms with Gasteiger partial charge in [-0.25, -0.2) is 5.43 Å². The Labute approximate surface area is 203 Å². The average molecular weight is 577 g/mol. The highest BCUT2D eigenvalue weighted by atomic mass is 127. The zero-order chi connectivity index (χ0) is 21.8. The molecule has 5 nitrogen and oxygen atoms in total. The van der Waals surface area contributed by atoms with E-state index >= 15 is 0 Å². The molecule has 0 radical (unpaired) electrons. The van der Waals surface area contributed by atoms with Crippen LogP contribution in [0.5, 0.6) is 5.75 Å². The molecule has 1 heterocycles. The van der Waals surface area contributed by atoms with Gasteiger partial charge in [0.25, 0.3) is 5.91 Å². The molecule has 2 aromatic carbocycles. The molecule has 1 aromatic heterocycles. The van der Waals surface area contributed by atoms with Crippen LogP contribution >= 0.6 is 57.4 Å². The molecule has 0 unspecified atom stereocenters. The zero-order valence-corrected chi connectivity index (χ0v) is 20.5. The largest absolute Gasteiger partial charge is 0.482 e. The predicted octanol–water partition coefficient (Wildman–Crippen LogP) is 6.19. The number of benzene rings is 2. The van der Waals surface area contributed by atoms with Gasteiger partial charge < -0.3 is 9.30 Å². The fourth-order valence-corrected chi connectivity index (χ4v) is 3.89. The van der Waals surface area contributed by atoms with Crippen molar-refractivity contribution in [2.24, 2.45) is 5.10 Å². The van der Waals surface area contributed by atoms with Crippen LogP contribution in [0.1, 0.15) is 17.0 Å². The Balaban J connectivity index is 1.64. The Morgan fingerprint density at radius 2 is 1.87 bits per heavy atom. The summed E-state index contributed by atoms with van der Waals surface area (Å²) in [5.74, 6) is -0.209. The predicted molar refractivity (Wildman–Crippen MR) is 131 cm³/mol. The molecule has 0 aliphatic heterocycles. The minimum Gasteiger partial charge on any atom is -0.482 e. The number of ether oxygens (including phenoxy) is 1. The van der Waals surface area contributed by atoms with Crippen molar-refractivity contribution in [2.45, 2.75) is 13.8 Å². The summed E-state index contributed by atoms with van der Waals surface area (Å²) in [5, 5.41) is 4.84. The summed E-state index contributed by atoms with van der Waals surface area (Å²) < 4.78 is 8.69. The van der Waals surface area contributed by atoms with Crippen LogP contribution in [0.3, 0.4) is 0 Å². The molecular weight excluding hydrogens is 560 g/mol. The molecule has 0 bridgehead atoms. The SMILES string of the molecule is Cc1cc(/C=N\NC(=O)COc2cc(Cl)cc(Cl)c2Cl)c(C)n1-c1ccc(I)cc1. The number of nitrogens with one attached hydrogen (secondary N) is 1. The highest BCUT2D eigenvalue weighted by Gasteiger charge is 2.11. The quantitative estimate of drug-likeness (QED) is 0.165. The van der Waals surface area contributed by atoms with E-state index in [2.05, 4.69) is 62.0 Å². The summed E-state index contributed by atoms with van der Waals surface area (Å²) in [4.78, 5) is 12.0. The maximum atomic E-state index is 12.0. The van der Waals surface area contributed by atoms with E-state index in [9.17, 15) is 4.79 Å². The van der Waals surface area contributed by atoms with E-state index in [0.29, 0.717) is 5.02 Å². The van der Waals surface area contributed by atoms with Gasteiger partial charge in [-0.05, 0) is 72.8 Å². The molecule has 1 N–H and O–H groups in total. The number of nitrogens with zero attached hydrogens (tertiary/aromatic N) is 2. The molecule has 0 spiro atoms. The van der Waals surface area contributed by atoms with E-state index in [4.69, 9.17) is 39.5 Å². The van der Waals surface area contributed by atoms with Crippen LogP contribution in [-0.4, -0.2) is 23.3 Å². The molecule has 1 amide bonds. The van der Waals surface area contributed by atoms with Crippen LogP contribution in [0.4, 0.5) is 0 Å². The minimum absolute atomic E-state index is 0.195. The van der Waals surface area contributed by atoms with Gasteiger partial charge in [-0.15, -0.1) is 0 Å². The molecule has 0 saturated heterocycles. The first-order chi connectivity index (χ1) is 14.3. The number of hydrogen-bond acceptors (Lipinski definition) is 3. The van der Waals surface area contributed by atoms with Gasteiger partial charge in [-0.1, -0.05) is 34.8 Å². The summed E-state index contributed by atoms with van der Waals surface area (Å²) in [6.45, 7) is 3.74. The summed E-state index contributed by atoms with van der Waals surface area (Å²) in [6, 6.07) is 13.2. The van der Waals surface area contributed by atoms with Gasteiger partial charge in [0, 0.05) is 37.3 Å². The van der Waals surface area contributed by atoms with Crippen LogP contribution < -0.4 is 10.2 Å². The van der Waals surface area contributed by atoms with Crippen LogP contribution in [0, 0.1) is 17.4 Å². The molecule has 30 heavy (non-hydrogen) atoms.